The Morgan fingerprint density at radius 3 is 2.33 bits per heavy atom. The molecule has 0 bridgehead atoms. The number of aliphatic hydroxyl groups excluding tert-OH is 3. The zero-order valence-corrected chi connectivity index (χ0v) is 16.5. The number of phenolic OH excluding ortho intramolecular Hbond substituents is 3. The van der Waals surface area contributed by atoms with E-state index in [2.05, 4.69) is 0 Å². The second-order valence-electron chi connectivity index (χ2n) is 7.36. The number of carboxylic acid groups (broad SMARTS) is 1. The molecule has 2 aromatic rings. The molecule has 0 radical (unpaired) electrons. The van der Waals surface area contributed by atoms with E-state index in [1.54, 1.807) is 0 Å². The Morgan fingerprint density at radius 2 is 1.67 bits per heavy atom. The van der Waals surface area contributed by atoms with Crippen LogP contribution in [0.4, 0.5) is 0 Å². The maximum absolute atomic E-state index is 12.6. The van der Waals surface area contributed by atoms with E-state index in [4.69, 9.17) is 19.3 Å². The number of carboxylic acids is 1. The molecule has 2 heterocycles. The molecule has 0 saturated carbocycles. The number of rotatable bonds is 4. The summed E-state index contributed by atoms with van der Waals surface area (Å²) < 4.78 is 15.8. The van der Waals surface area contributed by atoms with Crippen LogP contribution in [0.3, 0.4) is 0 Å². The molecule has 2 aliphatic heterocycles. The van der Waals surface area contributed by atoms with Crippen molar-refractivity contribution in [3.05, 3.63) is 47.2 Å². The minimum absolute atomic E-state index is 0.120. The number of carbonyl (C=O) groups is 2. The molecule has 12 heteroatoms. The summed E-state index contributed by atoms with van der Waals surface area (Å²) in [5, 5.41) is 68.1. The molecule has 5 atom stereocenters. The van der Waals surface area contributed by atoms with Crippen molar-refractivity contribution >= 4 is 17.8 Å². The molecule has 0 amide bonds. The molecule has 2 aromatic carbocycles. The highest BCUT2D eigenvalue weighted by Crippen LogP contribution is 2.42. The standard InChI is InChI=1S/C21H18O12/c22-9-2-1-7(3-10(9)23)4-13-15(25)14-11(24)5-8(6-12(14)32-13)31-21-18(28)16(26)17(27)19(33-21)20(29)30/h1-6,16-19,21-24,26-28H,(H,29,30)/b13-4-/t16-,17-,18+,19-,21+/m0/s1. The van der Waals surface area contributed by atoms with Crippen LogP contribution in [0, 0.1) is 0 Å². The Hall–Kier alpha value is -3.84. The fourth-order valence-corrected chi connectivity index (χ4v) is 3.40. The SMILES string of the molecule is O=C1/C(=C/c2ccc(O)c(O)c2)Oc2cc(O[C@@H]3O[C@H](C(=O)O)[C@@H](O)[C@H](O)[C@H]3O)cc(O)c21. The third-order valence-electron chi connectivity index (χ3n) is 5.09. The van der Waals surface area contributed by atoms with Crippen LogP contribution in [-0.2, 0) is 9.53 Å². The van der Waals surface area contributed by atoms with Gasteiger partial charge in [0.05, 0.1) is 0 Å². The summed E-state index contributed by atoms with van der Waals surface area (Å²) in [6.45, 7) is 0. The zero-order chi connectivity index (χ0) is 24.0. The second kappa shape index (κ2) is 8.26. The van der Waals surface area contributed by atoms with E-state index in [1.165, 1.54) is 30.3 Å². The van der Waals surface area contributed by atoms with Crippen LogP contribution in [0.25, 0.3) is 6.08 Å². The van der Waals surface area contributed by atoms with Crippen LogP contribution >= 0.6 is 0 Å². The molecular formula is C21H18O12. The number of aliphatic hydroxyl groups is 3. The van der Waals surface area contributed by atoms with Crippen molar-refractivity contribution in [2.75, 3.05) is 0 Å². The lowest BCUT2D eigenvalue weighted by atomic mass is 9.99. The van der Waals surface area contributed by atoms with Crippen LogP contribution in [0.2, 0.25) is 0 Å². The van der Waals surface area contributed by atoms with E-state index in [9.17, 15) is 40.2 Å². The maximum Gasteiger partial charge on any atom is 0.335 e. The Labute approximate surface area is 184 Å². The fourth-order valence-electron chi connectivity index (χ4n) is 3.40. The van der Waals surface area contributed by atoms with Crippen molar-refractivity contribution in [3.8, 4) is 28.7 Å². The smallest absolute Gasteiger partial charge is 0.335 e. The van der Waals surface area contributed by atoms with E-state index in [0.29, 0.717) is 5.56 Å². The quantitative estimate of drug-likeness (QED) is 0.231. The van der Waals surface area contributed by atoms with Gasteiger partial charge in [-0.15, -0.1) is 0 Å². The van der Waals surface area contributed by atoms with E-state index < -0.39 is 54.0 Å². The van der Waals surface area contributed by atoms with Crippen LogP contribution in [0.5, 0.6) is 28.7 Å². The van der Waals surface area contributed by atoms with Crippen molar-refractivity contribution in [1.29, 1.82) is 0 Å². The minimum atomic E-state index is -1.90. The summed E-state index contributed by atoms with van der Waals surface area (Å²) in [5.41, 5.74) is 0.129. The van der Waals surface area contributed by atoms with Crippen LogP contribution in [0.1, 0.15) is 15.9 Å². The minimum Gasteiger partial charge on any atom is -0.507 e. The Morgan fingerprint density at radius 1 is 0.939 bits per heavy atom. The van der Waals surface area contributed by atoms with Gasteiger partial charge in [-0.05, 0) is 23.8 Å². The molecule has 7 N–H and O–H groups in total. The molecule has 1 saturated heterocycles. The van der Waals surface area contributed by atoms with Crippen molar-refractivity contribution < 1.29 is 59.5 Å². The number of ketones is 1. The number of allylic oxidation sites excluding steroid dienone is 1. The van der Waals surface area contributed by atoms with Gasteiger partial charge in [0.25, 0.3) is 0 Å². The van der Waals surface area contributed by atoms with E-state index in [1.807, 2.05) is 0 Å². The molecule has 2 aliphatic rings. The Kier molecular flexibility index (Phi) is 5.59. The number of ether oxygens (including phenoxy) is 3. The zero-order valence-electron chi connectivity index (χ0n) is 16.5. The molecule has 0 unspecified atom stereocenters. The highest BCUT2D eigenvalue weighted by Gasteiger charge is 2.48. The number of benzene rings is 2. The monoisotopic (exact) mass is 462 g/mol. The lowest BCUT2D eigenvalue weighted by Gasteiger charge is -2.38. The van der Waals surface area contributed by atoms with Gasteiger partial charge < -0.3 is 50.0 Å². The highest BCUT2D eigenvalue weighted by atomic mass is 16.7. The van der Waals surface area contributed by atoms with Crippen molar-refractivity contribution in [1.82, 2.24) is 0 Å². The second-order valence-corrected chi connectivity index (χ2v) is 7.36. The normalized spacial score (nSPS) is 27.8. The third kappa shape index (κ3) is 4.03. The molecule has 0 aromatic heterocycles. The number of aromatic hydroxyl groups is 3. The summed E-state index contributed by atoms with van der Waals surface area (Å²) in [6.07, 6.45) is -7.96. The lowest BCUT2D eigenvalue weighted by Crippen LogP contribution is -2.61. The molecule has 1 fully saturated rings. The van der Waals surface area contributed by atoms with Gasteiger partial charge in [-0.3, -0.25) is 4.79 Å². The largest absolute Gasteiger partial charge is 0.507 e. The Bertz CT molecular complexity index is 1160. The number of carbonyl (C=O) groups excluding carboxylic acids is 1. The number of hydrogen-bond acceptors (Lipinski definition) is 11. The predicted molar refractivity (Wildman–Crippen MR) is 106 cm³/mol. The predicted octanol–water partition coefficient (Wildman–Crippen LogP) is -0.309. The molecule has 0 spiro atoms. The molecule has 33 heavy (non-hydrogen) atoms. The van der Waals surface area contributed by atoms with Crippen molar-refractivity contribution in [3.63, 3.8) is 0 Å². The molecular weight excluding hydrogens is 444 g/mol. The number of fused-ring (bicyclic) bond motifs is 1. The van der Waals surface area contributed by atoms with Gasteiger partial charge in [0.15, 0.2) is 23.4 Å². The first-order valence-electron chi connectivity index (χ1n) is 9.49. The van der Waals surface area contributed by atoms with Crippen molar-refractivity contribution in [2.45, 2.75) is 30.7 Å². The van der Waals surface area contributed by atoms with Gasteiger partial charge in [0, 0.05) is 12.1 Å². The summed E-state index contributed by atoms with van der Waals surface area (Å²) >= 11 is 0. The number of Topliss-reactive ketones (excluding diaryl/α,β-unsaturated/α-hetero) is 1. The van der Waals surface area contributed by atoms with Crippen LogP contribution in [0.15, 0.2) is 36.1 Å². The van der Waals surface area contributed by atoms with Gasteiger partial charge in [-0.25, -0.2) is 4.79 Å². The topological polar surface area (TPSA) is 203 Å². The fraction of sp³-hybridized carbons (Fsp3) is 0.238. The third-order valence-corrected chi connectivity index (χ3v) is 5.09. The van der Waals surface area contributed by atoms with E-state index >= 15 is 0 Å². The van der Waals surface area contributed by atoms with Gasteiger partial charge in [0.2, 0.25) is 12.1 Å². The number of phenols is 3. The maximum atomic E-state index is 12.6. The van der Waals surface area contributed by atoms with Gasteiger partial charge in [-0.2, -0.15) is 0 Å². The van der Waals surface area contributed by atoms with Gasteiger partial charge in [-0.1, -0.05) is 6.07 Å². The van der Waals surface area contributed by atoms with E-state index in [-0.39, 0.29) is 28.6 Å². The molecule has 0 aliphatic carbocycles. The van der Waals surface area contributed by atoms with Crippen LogP contribution < -0.4 is 9.47 Å². The molecule has 4 rings (SSSR count). The highest BCUT2D eigenvalue weighted by molar-refractivity contribution is 6.16. The van der Waals surface area contributed by atoms with Crippen molar-refractivity contribution in [2.24, 2.45) is 0 Å². The number of aliphatic carboxylic acids is 1. The molecule has 12 nitrogen and oxygen atoms in total. The van der Waals surface area contributed by atoms with E-state index in [0.717, 1.165) is 6.07 Å². The first kappa shape index (κ1) is 22.4. The Balaban J connectivity index is 1.59. The van der Waals surface area contributed by atoms with Crippen LogP contribution in [-0.4, -0.2) is 78.2 Å². The lowest BCUT2D eigenvalue weighted by molar-refractivity contribution is -0.271. The number of hydrogen-bond donors (Lipinski definition) is 7. The summed E-state index contributed by atoms with van der Waals surface area (Å²) in [5.74, 6) is -4.12. The molecule has 174 valence electrons. The van der Waals surface area contributed by atoms with Gasteiger partial charge >= 0.3 is 5.97 Å². The summed E-state index contributed by atoms with van der Waals surface area (Å²) in [6, 6.07) is 5.99. The average molecular weight is 462 g/mol. The first-order valence-corrected chi connectivity index (χ1v) is 9.49. The average Bonchev–Trinajstić information content (AvgIpc) is 3.06. The summed E-state index contributed by atoms with van der Waals surface area (Å²) in [4.78, 5) is 23.8. The van der Waals surface area contributed by atoms with Gasteiger partial charge in [0.1, 0.15) is 41.1 Å². The first-order chi connectivity index (χ1) is 15.6. The summed E-state index contributed by atoms with van der Waals surface area (Å²) in [7, 11) is 0.